The van der Waals surface area contributed by atoms with Crippen molar-refractivity contribution in [2.75, 3.05) is 16.8 Å². The summed E-state index contributed by atoms with van der Waals surface area (Å²) in [4.78, 5) is 26.2. The van der Waals surface area contributed by atoms with Gasteiger partial charge in [0.2, 0.25) is 11.8 Å². The standard InChI is InChI=1S/C21H26N2O2/c1-13-7-8-15(3)19(11-13)23(18(6)24)12-20(25)22-21-16(4)9-14(2)10-17(21)5/h7-11H,12H2,1-6H3,(H,22,25). The molecule has 0 aliphatic carbocycles. The molecule has 0 bridgehead atoms. The Morgan fingerprint density at radius 3 is 2.04 bits per heavy atom. The molecule has 25 heavy (non-hydrogen) atoms. The van der Waals surface area contributed by atoms with Crippen LogP contribution < -0.4 is 10.2 Å². The Morgan fingerprint density at radius 2 is 1.48 bits per heavy atom. The molecule has 0 saturated carbocycles. The normalized spacial score (nSPS) is 10.5. The molecule has 0 unspecified atom stereocenters. The topological polar surface area (TPSA) is 49.4 Å². The molecule has 0 aliphatic rings. The summed E-state index contributed by atoms with van der Waals surface area (Å²) in [6, 6.07) is 9.97. The number of hydrogen-bond donors (Lipinski definition) is 1. The van der Waals surface area contributed by atoms with Gasteiger partial charge in [-0.25, -0.2) is 0 Å². The molecule has 0 aromatic heterocycles. The van der Waals surface area contributed by atoms with E-state index < -0.39 is 0 Å². The minimum absolute atomic E-state index is 0.00756. The Labute approximate surface area is 149 Å². The summed E-state index contributed by atoms with van der Waals surface area (Å²) >= 11 is 0. The number of hydrogen-bond acceptors (Lipinski definition) is 2. The smallest absolute Gasteiger partial charge is 0.244 e. The van der Waals surface area contributed by atoms with E-state index in [2.05, 4.69) is 5.32 Å². The van der Waals surface area contributed by atoms with Crippen LogP contribution in [0.2, 0.25) is 0 Å². The Kier molecular flexibility index (Phi) is 5.62. The van der Waals surface area contributed by atoms with Crippen LogP contribution in [-0.2, 0) is 9.59 Å². The Balaban J connectivity index is 2.25. The summed E-state index contributed by atoms with van der Waals surface area (Å²) in [6.07, 6.45) is 0. The summed E-state index contributed by atoms with van der Waals surface area (Å²) in [6.45, 7) is 11.4. The van der Waals surface area contributed by atoms with E-state index in [1.165, 1.54) is 11.8 Å². The van der Waals surface area contributed by atoms with E-state index in [0.29, 0.717) is 0 Å². The van der Waals surface area contributed by atoms with Crippen LogP contribution in [0.5, 0.6) is 0 Å². The van der Waals surface area contributed by atoms with Gasteiger partial charge in [0.25, 0.3) is 0 Å². The van der Waals surface area contributed by atoms with Gasteiger partial charge < -0.3 is 10.2 Å². The highest BCUT2D eigenvalue weighted by atomic mass is 16.2. The zero-order chi connectivity index (χ0) is 18.7. The number of amides is 2. The maximum absolute atomic E-state index is 12.6. The molecular formula is C21H26N2O2. The predicted octanol–water partition coefficient (Wildman–Crippen LogP) is 4.22. The lowest BCUT2D eigenvalue weighted by Gasteiger charge is -2.23. The van der Waals surface area contributed by atoms with Gasteiger partial charge in [-0.05, 0) is 62.9 Å². The fourth-order valence-corrected chi connectivity index (χ4v) is 3.08. The number of aryl methyl sites for hydroxylation is 5. The number of anilines is 2. The Morgan fingerprint density at radius 1 is 0.880 bits per heavy atom. The zero-order valence-corrected chi connectivity index (χ0v) is 15.9. The quantitative estimate of drug-likeness (QED) is 0.907. The van der Waals surface area contributed by atoms with Crippen LogP contribution in [0, 0.1) is 34.6 Å². The number of nitrogens with one attached hydrogen (secondary N) is 1. The number of nitrogens with zero attached hydrogens (tertiary/aromatic N) is 1. The van der Waals surface area contributed by atoms with E-state index in [1.807, 2.05) is 65.0 Å². The van der Waals surface area contributed by atoms with Gasteiger partial charge in [0, 0.05) is 18.3 Å². The first-order chi connectivity index (χ1) is 11.7. The number of carbonyl (C=O) groups excluding carboxylic acids is 2. The second-order valence-corrected chi connectivity index (χ2v) is 6.72. The first-order valence-electron chi connectivity index (χ1n) is 8.42. The van der Waals surface area contributed by atoms with Gasteiger partial charge in [-0.3, -0.25) is 9.59 Å². The van der Waals surface area contributed by atoms with Crippen molar-refractivity contribution in [1.82, 2.24) is 0 Å². The molecule has 4 heteroatoms. The van der Waals surface area contributed by atoms with Gasteiger partial charge in [0.05, 0.1) is 0 Å². The molecule has 0 radical (unpaired) electrons. The maximum Gasteiger partial charge on any atom is 0.244 e. The first kappa shape index (κ1) is 18.7. The van der Waals surface area contributed by atoms with Gasteiger partial charge in [0.1, 0.15) is 6.54 Å². The van der Waals surface area contributed by atoms with E-state index in [1.54, 1.807) is 0 Å². The molecule has 2 aromatic rings. The molecule has 0 fully saturated rings. The fraction of sp³-hybridized carbons (Fsp3) is 0.333. The SMILES string of the molecule is CC(=O)N(CC(=O)Nc1c(C)cc(C)cc1C)c1cc(C)ccc1C. The minimum Gasteiger partial charge on any atom is -0.324 e. The van der Waals surface area contributed by atoms with Crippen LogP contribution >= 0.6 is 0 Å². The predicted molar refractivity (Wildman–Crippen MR) is 103 cm³/mol. The van der Waals surface area contributed by atoms with Gasteiger partial charge in [-0.15, -0.1) is 0 Å². The van der Waals surface area contributed by atoms with Gasteiger partial charge in [-0.2, -0.15) is 0 Å². The molecule has 132 valence electrons. The summed E-state index contributed by atoms with van der Waals surface area (Å²) in [5.41, 5.74) is 6.82. The second kappa shape index (κ2) is 7.51. The molecule has 0 atom stereocenters. The highest BCUT2D eigenvalue weighted by Gasteiger charge is 2.18. The van der Waals surface area contributed by atoms with E-state index in [4.69, 9.17) is 0 Å². The minimum atomic E-state index is -0.203. The van der Waals surface area contributed by atoms with E-state index in [-0.39, 0.29) is 18.4 Å². The van der Waals surface area contributed by atoms with E-state index in [0.717, 1.165) is 39.2 Å². The molecule has 0 aliphatic heterocycles. The van der Waals surface area contributed by atoms with Crippen molar-refractivity contribution in [1.29, 1.82) is 0 Å². The van der Waals surface area contributed by atoms with Crippen molar-refractivity contribution in [3.05, 3.63) is 58.1 Å². The average Bonchev–Trinajstić information content (AvgIpc) is 2.51. The molecule has 2 rings (SSSR count). The van der Waals surface area contributed by atoms with Crippen LogP contribution in [-0.4, -0.2) is 18.4 Å². The molecule has 2 amide bonds. The summed E-state index contributed by atoms with van der Waals surface area (Å²) < 4.78 is 0. The van der Waals surface area contributed by atoms with E-state index in [9.17, 15) is 9.59 Å². The highest BCUT2D eigenvalue weighted by Crippen LogP contribution is 2.24. The van der Waals surface area contributed by atoms with Crippen molar-refractivity contribution in [2.45, 2.75) is 41.5 Å². The molecule has 0 heterocycles. The lowest BCUT2D eigenvalue weighted by molar-refractivity contribution is -0.120. The average molecular weight is 338 g/mol. The zero-order valence-electron chi connectivity index (χ0n) is 15.9. The Bertz CT molecular complexity index is 802. The third-order valence-electron chi connectivity index (χ3n) is 4.28. The van der Waals surface area contributed by atoms with E-state index >= 15 is 0 Å². The highest BCUT2D eigenvalue weighted by molar-refractivity contribution is 6.02. The second-order valence-electron chi connectivity index (χ2n) is 6.72. The van der Waals surface area contributed by atoms with Crippen molar-refractivity contribution in [2.24, 2.45) is 0 Å². The third kappa shape index (κ3) is 4.47. The van der Waals surface area contributed by atoms with Crippen LogP contribution in [0.4, 0.5) is 11.4 Å². The lowest BCUT2D eigenvalue weighted by Crippen LogP contribution is -2.37. The van der Waals surface area contributed by atoms with Crippen molar-refractivity contribution in [3.8, 4) is 0 Å². The van der Waals surface area contributed by atoms with Crippen molar-refractivity contribution < 1.29 is 9.59 Å². The molecule has 0 spiro atoms. The van der Waals surface area contributed by atoms with Gasteiger partial charge >= 0.3 is 0 Å². The van der Waals surface area contributed by atoms with Crippen LogP contribution in [0.25, 0.3) is 0 Å². The van der Waals surface area contributed by atoms with Crippen molar-refractivity contribution >= 4 is 23.2 Å². The Hall–Kier alpha value is -2.62. The molecular weight excluding hydrogens is 312 g/mol. The molecule has 4 nitrogen and oxygen atoms in total. The van der Waals surface area contributed by atoms with Gasteiger partial charge in [0.15, 0.2) is 0 Å². The van der Waals surface area contributed by atoms with Crippen LogP contribution in [0.15, 0.2) is 30.3 Å². The third-order valence-corrected chi connectivity index (χ3v) is 4.28. The van der Waals surface area contributed by atoms with Crippen LogP contribution in [0.1, 0.15) is 34.7 Å². The summed E-state index contributed by atoms with van der Waals surface area (Å²) in [7, 11) is 0. The molecule has 1 N–H and O–H groups in total. The van der Waals surface area contributed by atoms with Crippen molar-refractivity contribution in [3.63, 3.8) is 0 Å². The number of rotatable bonds is 4. The fourth-order valence-electron chi connectivity index (χ4n) is 3.08. The molecule has 0 saturated heterocycles. The lowest BCUT2D eigenvalue weighted by atomic mass is 10.1. The van der Waals surface area contributed by atoms with Gasteiger partial charge in [-0.1, -0.05) is 29.8 Å². The van der Waals surface area contributed by atoms with Crippen LogP contribution in [0.3, 0.4) is 0 Å². The number of benzene rings is 2. The molecule has 2 aromatic carbocycles. The maximum atomic E-state index is 12.6. The number of carbonyl (C=O) groups is 2. The summed E-state index contributed by atoms with van der Waals surface area (Å²) in [5, 5.41) is 2.96. The largest absolute Gasteiger partial charge is 0.324 e. The summed E-state index contributed by atoms with van der Waals surface area (Å²) in [5.74, 6) is -0.354. The first-order valence-corrected chi connectivity index (χ1v) is 8.42. The monoisotopic (exact) mass is 338 g/mol.